The Kier molecular flexibility index (Phi) is 5.16. The van der Waals surface area contributed by atoms with Crippen molar-refractivity contribution in [2.75, 3.05) is 18.5 Å². The van der Waals surface area contributed by atoms with Gasteiger partial charge in [-0.05, 0) is 31.5 Å². The van der Waals surface area contributed by atoms with Crippen LogP contribution in [0.2, 0.25) is 0 Å². The van der Waals surface area contributed by atoms with Crippen molar-refractivity contribution in [3.8, 4) is 0 Å². The fourth-order valence-electron chi connectivity index (χ4n) is 3.18. The Hall–Kier alpha value is -2.88. The first-order chi connectivity index (χ1) is 13.2. The molecule has 2 aromatic rings. The Bertz CT molecular complexity index is 929. The highest BCUT2D eigenvalue weighted by atomic mass is 19.3. The van der Waals surface area contributed by atoms with Crippen molar-refractivity contribution < 1.29 is 27.1 Å². The number of oxazole rings is 1. The van der Waals surface area contributed by atoms with Crippen LogP contribution in [-0.2, 0) is 10.3 Å². The molecule has 10 heteroatoms. The number of hydrogen-bond acceptors (Lipinski definition) is 6. The number of anilines is 1. The molecule has 0 spiro atoms. The molecule has 1 aliphatic rings. The van der Waals surface area contributed by atoms with Gasteiger partial charge in [-0.25, -0.2) is 18.2 Å². The van der Waals surface area contributed by atoms with Crippen LogP contribution in [-0.4, -0.2) is 35.9 Å². The van der Waals surface area contributed by atoms with E-state index in [2.05, 4.69) is 15.3 Å². The van der Waals surface area contributed by atoms with Gasteiger partial charge in [-0.2, -0.15) is 0 Å². The number of amides is 1. The van der Waals surface area contributed by atoms with E-state index >= 15 is 0 Å². The molecule has 7 nitrogen and oxygen atoms in total. The SMILES string of the molecule is CCC1(c2cc(NC(=O)c3ncoc3C)ccc2F)N=C(N)COCC1(F)F. The van der Waals surface area contributed by atoms with E-state index in [0.717, 1.165) is 18.5 Å². The van der Waals surface area contributed by atoms with Crippen molar-refractivity contribution in [1.29, 1.82) is 0 Å². The number of aromatic nitrogens is 1. The zero-order valence-corrected chi connectivity index (χ0v) is 15.3. The van der Waals surface area contributed by atoms with Crippen molar-refractivity contribution in [2.24, 2.45) is 10.7 Å². The first-order valence-corrected chi connectivity index (χ1v) is 8.51. The smallest absolute Gasteiger partial charge is 0.299 e. The topological polar surface area (TPSA) is 103 Å². The maximum absolute atomic E-state index is 14.9. The molecule has 0 bridgehead atoms. The van der Waals surface area contributed by atoms with Crippen LogP contribution in [0.15, 0.2) is 34.0 Å². The van der Waals surface area contributed by atoms with E-state index < -0.39 is 29.8 Å². The molecule has 0 fully saturated rings. The molecule has 28 heavy (non-hydrogen) atoms. The van der Waals surface area contributed by atoms with Gasteiger partial charge in [0.25, 0.3) is 11.8 Å². The molecule has 0 radical (unpaired) electrons. The molecule has 1 aromatic carbocycles. The van der Waals surface area contributed by atoms with Crippen LogP contribution in [0.25, 0.3) is 0 Å². The van der Waals surface area contributed by atoms with E-state index in [-0.39, 0.29) is 41.6 Å². The summed E-state index contributed by atoms with van der Waals surface area (Å²) in [7, 11) is 0. The summed E-state index contributed by atoms with van der Waals surface area (Å²) in [6, 6.07) is 3.38. The fraction of sp³-hybridized carbons (Fsp3) is 0.389. The van der Waals surface area contributed by atoms with Crippen molar-refractivity contribution in [3.63, 3.8) is 0 Å². The average molecular weight is 396 g/mol. The zero-order chi connectivity index (χ0) is 20.5. The predicted molar refractivity (Wildman–Crippen MR) is 95.0 cm³/mol. The highest BCUT2D eigenvalue weighted by Gasteiger charge is 2.56. The summed E-state index contributed by atoms with van der Waals surface area (Å²) in [4.78, 5) is 20.0. The van der Waals surface area contributed by atoms with Gasteiger partial charge in [0, 0.05) is 11.3 Å². The van der Waals surface area contributed by atoms with Gasteiger partial charge in [-0.15, -0.1) is 0 Å². The summed E-state index contributed by atoms with van der Waals surface area (Å²) < 4.78 is 54.4. The van der Waals surface area contributed by atoms with Crippen LogP contribution in [0.4, 0.5) is 18.9 Å². The van der Waals surface area contributed by atoms with Crippen molar-refractivity contribution >= 4 is 17.4 Å². The Labute approximate surface area is 158 Å². The van der Waals surface area contributed by atoms with E-state index in [1.165, 1.54) is 13.0 Å². The summed E-state index contributed by atoms with van der Waals surface area (Å²) in [5.74, 6) is -4.90. The molecule has 0 aliphatic carbocycles. The number of nitrogens with two attached hydrogens (primary N) is 1. The first kappa shape index (κ1) is 19.9. The van der Waals surface area contributed by atoms with Crippen LogP contribution in [0.5, 0.6) is 0 Å². The highest BCUT2D eigenvalue weighted by Crippen LogP contribution is 2.46. The number of benzene rings is 1. The van der Waals surface area contributed by atoms with E-state index in [9.17, 15) is 18.0 Å². The number of carbonyl (C=O) groups is 1. The molecule has 1 unspecified atom stereocenters. The number of amidine groups is 1. The second-order valence-corrected chi connectivity index (χ2v) is 6.42. The third kappa shape index (κ3) is 3.35. The van der Waals surface area contributed by atoms with Gasteiger partial charge in [-0.3, -0.25) is 9.79 Å². The third-order valence-electron chi connectivity index (χ3n) is 4.61. The van der Waals surface area contributed by atoms with Gasteiger partial charge >= 0.3 is 0 Å². The Morgan fingerprint density at radius 1 is 1.39 bits per heavy atom. The first-order valence-electron chi connectivity index (χ1n) is 8.51. The number of nitrogens with one attached hydrogen (secondary N) is 1. The monoisotopic (exact) mass is 396 g/mol. The molecule has 0 saturated carbocycles. The van der Waals surface area contributed by atoms with Gasteiger partial charge in [0.05, 0.1) is 0 Å². The lowest BCUT2D eigenvalue weighted by atomic mass is 9.81. The van der Waals surface area contributed by atoms with E-state index in [4.69, 9.17) is 14.9 Å². The van der Waals surface area contributed by atoms with Crippen LogP contribution >= 0.6 is 0 Å². The standard InChI is InChI=1S/C18H19F3N4O3/c1-3-17(18(20,21)8-27-7-14(22)25-17)12-6-11(4-5-13(12)19)24-16(26)15-10(2)28-9-23-15/h4-6,9H,3,7-8H2,1-2H3,(H2,22,25)(H,24,26). The number of aliphatic imine (C=N–C) groups is 1. The minimum Gasteiger partial charge on any atom is -0.448 e. The Morgan fingerprint density at radius 3 is 2.79 bits per heavy atom. The number of hydrogen-bond donors (Lipinski definition) is 2. The predicted octanol–water partition coefficient (Wildman–Crippen LogP) is 3.00. The van der Waals surface area contributed by atoms with Crippen LogP contribution in [0.1, 0.15) is 35.2 Å². The second kappa shape index (κ2) is 7.27. The molecule has 0 saturated heterocycles. The number of halogens is 3. The largest absolute Gasteiger partial charge is 0.448 e. The zero-order valence-electron chi connectivity index (χ0n) is 15.3. The lowest BCUT2D eigenvalue weighted by Gasteiger charge is -2.36. The quantitative estimate of drug-likeness (QED) is 0.827. The summed E-state index contributed by atoms with van der Waals surface area (Å²) in [5.41, 5.74) is 3.16. The summed E-state index contributed by atoms with van der Waals surface area (Å²) in [6.07, 6.45) is 0.872. The maximum Gasteiger partial charge on any atom is 0.299 e. The number of carbonyl (C=O) groups excluding carboxylic acids is 1. The molecule has 2 heterocycles. The molecular formula is C18H19F3N4O3. The molecular weight excluding hydrogens is 377 g/mol. The normalized spacial score (nSPS) is 21.7. The summed E-state index contributed by atoms with van der Waals surface area (Å²) in [6.45, 7) is 1.77. The van der Waals surface area contributed by atoms with Crippen LogP contribution in [0, 0.1) is 12.7 Å². The molecule has 3 rings (SSSR count). The lowest BCUT2D eigenvalue weighted by molar-refractivity contribution is -0.123. The summed E-state index contributed by atoms with van der Waals surface area (Å²) in [5, 5.41) is 2.50. The second-order valence-electron chi connectivity index (χ2n) is 6.42. The van der Waals surface area contributed by atoms with Gasteiger partial charge in [-0.1, -0.05) is 6.92 Å². The number of alkyl halides is 2. The number of nitrogens with zero attached hydrogens (tertiary/aromatic N) is 2. The van der Waals surface area contributed by atoms with Crippen molar-refractivity contribution in [2.45, 2.75) is 31.7 Å². The van der Waals surface area contributed by atoms with Gasteiger partial charge in [0.1, 0.15) is 30.6 Å². The number of ether oxygens (including phenoxy) is 1. The van der Waals surface area contributed by atoms with Gasteiger partial charge < -0.3 is 20.2 Å². The van der Waals surface area contributed by atoms with Crippen molar-refractivity contribution in [1.82, 2.24) is 4.98 Å². The van der Waals surface area contributed by atoms with Gasteiger partial charge in [0.15, 0.2) is 17.6 Å². The number of aryl methyl sites for hydroxylation is 1. The average Bonchev–Trinajstić information content (AvgIpc) is 3.02. The minimum absolute atomic E-state index is 0.0338. The highest BCUT2D eigenvalue weighted by molar-refractivity contribution is 6.03. The molecule has 1 amide bonds. The number of rotatable bonds is 4. The van der Waals surface area contributed by atoms with Gasteiger partial charge in [0.2, 0.25) is 0 Å². The summed E-state index contributed by atoms with van der Waals surface area (Å²) >= 11 is 0. The van der Waals surface area contributed by atoms with Crippen molar-refractivity contribution in [3.05, 3.63) is 47.4 Å². The van der Waals surface area contributed by atoms with E-state index in [0.29, 0.717) is 0 Å². The maximum atomic E-state index is 14.9. The Morgan fingerprint density at radius 2 is 2.14 bits per heavy atom. The molecule has 150 valence electrons. The third-order valence-corrected chi connectivity index (χ3v) is 4.61. The lowest BCUT2D eigenvalue weighted by Crippen LogP contribution is -2.47. The van der Waals surface area contributed by atoms with Crippen LogP contribution < -0.4 is 11.1 Å². The van der Waals surface area contributed by atoms with Crippen LogP contribution in [0.3, 0.4) is 0 Å². The van der Waals surface area contributed by atoms with E-state index in [1.807, 2.05) is 0 Å². The minimum atomic E-state index is -3.52. The Balaban J connectivity index is 2.05. The fourth-order valence-corrected chi connectivity index (χ4v) is 3.18. The molecule has 1 aliphatic heterocycles. The molecule has 1 atom stereocenters. The molecule has 3 N–H and O–H groups in total. The molecule has 1 aromatic heterocycles. The van der Waals surface area contributed by atoms with E-state index in [1.54, 1.807) is 6.92 Å².